The molecule has 0 aromatic carbocycles. The standard InChI is InChI=1S/C14H24N4O2/c1-11(2)18-10-12(9-16-18)13(14(19)20-3)17-7-4-5-15-6-8-17/h9-11,13,15H,4-8H2,1-3H3. The third kappa shape index (κ3) is 3.37. The number of nitrogens with one attached hydrogen (secondary N) is 1. The van der Waals surface area contributed by atoms with Gasteiger partial charge in [0.1, 0.15) is 6.04 Å². The molecule has 1 unspecified atom stereocenters. The molecule has 0 radical (unpaired) electrons. The summed E-state index contributed by atoms with van der Waals surface area (Å²) < 4.78 is 6.87. The Hall–Kier alpha value is -1.40. The number of hydrogen-bond acceptors (Lipinski definition) is 5. The van der Waals surface area contributed by atoms with Gasteiger partial charge in [0.05, 0.1) is 13.3 Å². The van der Waals surface area contributed by atoms with Gasteiger partial charge in [-0.1, -0.05) is 0 Å². The van der Waals surface area contributed by atoms with E-state index >= 15 is 0 Å². The predicted octanol–water partition coefficient (Wildman–Crippen LogP) is 0.973. The fourth-order valence-corrected chi connectivity index (χ4v) is 2.51. The quantitative estimate of drug-likeness (QED) is 0.833. The fraction of sp³-hybridized carbons (Fsp3) is 0.714. The lowest BCUT2D eigenvalue weighted by Crippen LogP contribution is -2.37. The van der Waals surface area contributed by atoms with E-state index in [1.165, 1.54) is 7.11 Å². The second kappa shape index (κ2) is 6.85. The van der Waals surface area contributed by atoms with Crippen LogP contribution in [-0.4, -0.2) is 53.9 Å². The van der Waals surface area contributed by atoms with Gasteiger partial charge >= 0.3 is 5.97 Å². The Morgan fingerprint density at radius 2 is 2.20 bits per heavy atom. The van der Waals surface area contributed by atoms with Crippen molar-refractivity contribution in [3.8, 4) is 0 Å². The van der Waals surface area contributed by atoms with Gasteiger partial charge in [0.25, 0.3) is 0 Å². The molecule has 1 fully saturated rings. The number of nitrogens with zero attached hydrogens (tertiary/aromatic N) is 3. The van der Waals surface area contributed by atoms with Crippen molar-refractivity contribution in [3.63, 3.8) is 0 Å². The second-order valence-electron chi connectivity index (χ2n) is 5.41. The van der Waals surface area contributed by atoms with E-state index < -0.39 is 0 Å². The van der Waals surface area contributed by atoms with Crippen LogP contribution in [0.2, 0.25) is 0 Å². The minimum absolute atomic E-state index is 0.213. The summed E-state index contributed by atoms with van der Waals surface area (Å²) in [7, 11) is 1.44. The molecule has 1 N–H and O–H groups in total. The lowest BCUT2D eigenvalue weighted by atomic mass is 10.1. The molecular weight excluding hydrogens is 256 g/mol. The van der Waals surface area contributed by atoms with Gasteiger partial charge in [0.2, 0.25) is 0 Å². The number of carbonyl (C=O) groups excluding carboxylic acids is 1. The van der Waals surface area contributed by atoms with Crippen LogP contribution in [-0.2, 0) is 9.53 Å². The summed E-state index contributed by atoms with van der Waals surface area (Å²) in [5.74, 6) is -0.213. The van der Waals surface area contributed by atoms with Crippen molar-refractivity contribution in [1.29, 1.82) is 0 Å². The molecule has 0 amide bonds. The molecule has 1 aliphatic heterocycles. The van der Waals surface area contributed by atoms with Crippen LogP contribution in [0.15, 0.2) is 12.4 Å². The second-order valence-corrected chi connectivity index (χ2v) is 5.41. The number of rotatable bonds is 4. The Morgan fingerprint density at radius 3 is 2.85 bits per heavy atom. The van der Waals surface area contributed by atoms with E-state index in [0.717, 1.165) is 38.2 Å². The van der Waals surface area contributed by atoms with Crippen molar-refractivity contribution in [2.24, 2.45) is 0 Å². The number of aromatic nitrogens is 2. The van der Waals surface area contributed by atoms with Gasteiger partial charge in [0.15, 0.2) is 0 Å². The fourth-order valence-electron chi connectivity index (χ4n) is 2.51. The van der Waals surface area contributed by atoms with E-state index in [1.54, 1.807) is 6.20 Å². The molecule has 6 heteroatoms. The van der Waals surface area contributed by atoms with E-state index in [9.17, 15) is 4.79 Å². The van der Waals surface area contributed by atoms with Crippen LogP contribution in [0, 0.1) is 0 Å². The Bertz CT molecular complexity index is 436. The zero-order chi connectivity index (χ0) is 14.5. The first-order valence-electron chi connectivity index (χ1n) is 7.20. The molecule has 0 bridgehead atoms. The van der Waals surface area contributed by atoms with Crippen LogP contribution in [0.3, 0.4) is 0 Å². The summed E-state index contributed by atoms with van der Waals surface area (Å²) in [6, 6.07) is -0.0692. The first kappa shape index (κ1) is 15.0. The normalized spacial score (nSPS) is 18.8. The zero-order valence-electron chi connectivity index (χ0n) is 12.5. The summed E-state index contributed by atoms with van der Waals surface area (Å²) >= 11 is 0. The molecule has 1 aromatic heterocycles. The van der Waals surface area contributed by atoms with Gasteiger partial charge in [-0.25, -0.2) is 4.79 Å². The number of esters is 1. The zero-order valence-corrected chi connectivity index (χ0v) is 12.5. The van der Waals surface area contributed by atoms with Crippen molar-refractivity contribution in [1.82, 2.24) is 20.0 Å². The largest absolute Gasteiger partial charge is 0.468 e. The van der Waals surface area contributed by atoms with Gasteiger partial charge < -0.3 is 10.1 Å². The first-order chi connectivity index (χ1) is 9.63. The van der Waals surface area contributed by atoms with Crippen molar-refractivity contribution < 1.29 is 9.53 Å². The summed E-state index contributed by atoms with van der Waals surface area (Å²) in [6.45, 7) is 7.76. The molecule has 112 valence electrons. The smallest absolute Gasteiger partial charge is 0.327 e. The molecular formula is C14H24N4O2. The van der Waals surface area contributed by atoms with E-state index in [0.29, 0.717) is 0 Å². The van der Waals surface area contributed by atoms with Crippen LogP contribution in [0.4, 0.5) is 0 Å². The SMILES string of the molecule is COC(=O)C(c1cnn(C(C)C)c1)N1CCCNCC1. The molecule has 1 aromatic rings. The average Bonchev–Trinajstić information content (AvgIpc) is 2.76. The molecule has 0 spiro atoms. The number of hydrogen-bond donors (Lipinski definition) is 1. The van der Waals surface area contributed by atoms with E-state index in [2.05, 4.69) is 29.2 Å². The van der Waals surface area contributed by atoms with Gasteiger partial charge in [-0.3, -0.25) is 9.58 Å². The van der Waals surface area contributed by atoms with Crippen molar-refractivity contribution >= 4 is 5.97 Å². The highest BCUT2D eigenvalue weighted by Crippen LogP contribution is 2.23. The summed E-state index contributed by atoms with van der Waals surface area (Å²) in [4.78, 5) is 14.4. The molecule has 2 heterocycles. The molecule has 20 heavy (non-hydrogen) atoms. The minimum Gasteiger partial charge on any atom is -0.468 e. The highest BCUT2D eigenvalue weighted by atomic mass is 16.5. The molecule has 6 nitrogen and oxygen atoms in total. The Balaban J connectivity index is 2.23. The number of ether oxygens (including phenoxy) is 1. The lowest BCUT2D eigenvalue weighted by molar-refractivity contribution is -0.147. The topological polar surface area (TPSA) is 59.4 Å². The minimum atomic E-state index is -0.354. The lowest BCUT2D eigenvalue weighted by Gasteiger charge is -2.27. The van der Waals surface area contributed by atoms with Crippen LogP contribution >= 0.6 is 0 Å². The molecule has 0 saturated carbocycles. The molecule has 2 rings (SSSR count). The van der Waals surface area contributed by atoms with Crippen molar-refractivity contribution in [3.05, 3.63) is 18.0 Å². The van der Waals surface area contributed by atoms with Crippen LogP contribution < -0.4 is 5.32 Å². The third-order valence-corrected chi connectivity index (χ3v) is 3.63. The maximum Gasteiger partial charge on any atom is 0.327 e. The maximum atomic E-state index is 12.2. The van der Waals surface area contributed by atoms with Crippen molar-refractivity contribution in [2.45, 2.75) is 32.4 Å². The van der Waals surface area contributed by atoms with E-state index in [1.807, 2.05) is 10.9 Å². The van der Waals surface area contributed by atoms with Crippen LogP contribution in [0.5, 0.6) is 0 Å². The average molecular weight is 280 g/mol. The number of methoxy groups -OCH3 is 1. The van der Waals surface area contributed by atoms with Gasteiger partial charge in [-0.15, -0.1) is 0 Å². The molecule has 1 saturated heterocycles. The third-order valence-electron chi connectivity index (χ3n) is 3.63. The Morgan fingerprint density at radius 1 is 1.40 bits per heavy atom. The van der Waals surface area contributed by atoms with E-state index in [-0.39, 0.29) is 18.1 Å². The highest BCUT2D eigenvalue weighted by molar-refractivity contribution is 5.77. The van der Waals surface area contributed by atoms with Gasteiger partial charge in [0, 0.05) is 37.4 Å². The molecule has 1 atom stereocenters. The maximum absolute atomic E-state index is 12.2. The summed E-state index contributed by atoms with van der Waals surface area (Å²) in [5.41, 5.74) is 0.910. The molecule has 1 aliphatic rings. The Kier molecular flexibility index (Phi) is 5.14. The number of carbonyl (C=O) groups is 1. The Labute approximate surface area is 120 Å². The van der Waals surface area contributed by atoms with Gasteiger partial charge in [-0.05, 0) is 26.8 Å². The monoisotopic (exact) mass is 280 g/mol. The summed E-state index contributed by atoms with van der Waals surface area (Å²) in [6.07, 6.45) is 4.76. The van der Waals surface area contributed by atoms with Crippen molar-refractivity contribution in [2.75, 3.05) is 33.3 Å². The summed E-state index contributed by atoms with van der Waals surface area (Å²) in [5, 5.41) is 7.69. The van der Waals surface area contributed by atoms with Gasteiger partial charge in [-0.2, -0.15) is 5.10 Å². The highest BCUT2D eigenvalue weighted by Gasteiger charge is 2.30. The molecule has 0 aliphatic carbocycles. The van der Waals surface area contributed by atoms with E-state index in [4.69, 9.17) is 4.74 Å². The van der Waals surface area contributed by atoms with Crippen LogP contribution in [0.25, 0.3) is 0 Å². The van der Waals surface area contributed by atoms with Crippen LogP contribution in [0.1, 0.15) is 37.9 Å². The predicted molar refractivity (Wildman–Crippen MR) is 76.4 cm³/mol. The first-order valence-corrected chi connectivity index (χ1v) is 7.20.